The van der Waals surface area contributed by atoms with E-state index in [1.807, 2.05) is 91.0 Å². The van der Waals surface area contributed by atoms with Crippen LogP contribution in [0.25, 0.3) is 0 Å². The number of halogens is 3. The number of pyridine rings is 1. The van der Waals surface area contributed by atoms with Crippen LogP contribution in [0.3, 0.4) is 0 Å². The minimum Gasteiger partial charge on any atom is -1.00 e. The van der Waals surface area contributed by atoms with E-state index in [0.717, 1.165) is 0 Å². The van der Waals surface area contributed by atoms with Crippen molar-refractivity contribution in [2.75, 3.05) is 0 Å². The summed E-state index contributed by atoms with van der Waals surface area (Å²) in [6, 6.07) is 32.1. The van der Waals surface area contributed by atoms with E-state index in [1.54, 1.807) is 12.1 Å². The van der Waals surface area contributed by atoms with Crippen LogP contribution in [0.2, 0.25) is 0 Å². The van der Waals surface area contributed by atoms with Crippen molar-refractivity contribution < 1.29 is 25.8 Å². The molecule has 1 nitrogen and oxygen atoms in total. The topological polar surface area (TPSA) is 12.9 Å². The maximum absolute atomic E-state index is 16.5. The molecule has 1 aromatic heterocycles. The fourth-order valence-corrected chi connectivity index (χ4v) is 7.80. The molecule has 1 heterocycles. The Morgan fingerprint density at radius 2 is 0.931 bits per heavy atom. The first-order valence-corrected chi connectivity index (χ1v) is 10.8. The quantitative estimate of drug-likeness (QED) is 0.408. The Kier molecular flexibility index (Phi) is 6.56. The first-order chi connectivity index (χ1) is 13.7. The summed E-state index contributed by atoms with van der Waals surface area (Å²) < 4.78 is 33.0. The van der Waals surface area contributed by atoms with Gasteiger partial charge in [-0.05, 0) is 48.5 Å². The number of nitrogens with zero attached hydrogens (tertiary/aromatic N) is 1. The second-order valence-corrected chi connectivity index (χ2v) is 9.89. The van der Waals surface area contributed by atoms with Crippen LogP contribution in [0, 0.1) is 0 Å². The van der Waals surface area contributed by atoms with Gasteiger partial charge in [0.1, 0.15) is 15.9 Å². The van der Waals surface area contributed by atoms with Crippen LogP contribution >= 0.6 is 7.26 Å². The highest BCUT2D eigenvalue weighted by atomic mass is 79.9. The van der Waals surface area contributed by atoms with Gasteiger partial charge in [0, 0.05) is 6.20 Å². The van der Waals surface area contributed by atoms with Crippen molar-refractivity contribution >= 4 is 23.2 Å². The number of hydrogen-bond donors (Lipinski definition) is 0. The second kappa shape index (κ2) is 8.94. The molecule has 29 heavy (non-hydrogen) atoms. The molecule has 0 bridgehead atoms. The van der Waals surface area contributed by atoms with Gasteiger partial charge in [0.2, 0.25) is 0 Å². The zero-order valence-corrected chi connectivity index (χ0v) is 18.0. The fourth-order valence-electron chi connectivity index (χ4n) is 3.60. The van der Waals surface area contributed by atoms with Gasteiger partial charge in [-0.1, -0.05) is 60.7 Å². The van der Waals surface area contributed by atoms with Crippen LogP contribution in [0.15, 0.2) is 115 Å². The van der Waals surface area contributed by atoms with Gasteiger partial charge in [0.05, 0.1) is 0 Å². The molecule has 0 amide bonds. The maximum atomic E-state index is 16.5. The third-order valence-electron chi connectivity index (χ3n) is 4.82. The Hall–Kier alpha value is -2.42. The molecule has 3 aromatic carbocycles. The summed E-state index contributed by atoms with van der Waals surface area (Å²) in [5, 5.41) is 1.88. The first-order valence-electron chi connectivity index (χ1n) is 9.02. The summed E-state index contributed by atoms with van der Waals surface area (Å²) in [6.45, 7) is 0. The third-order valence-corrected chi connectivity index (χ3v) is 9.11. The summed E-state index contributed by atoms with van der Waals surface area (Å²) in [4.78, 5) is 4.07. The van der Waals surface area contributed by atoms with Gasteiger partial charge in [0.15, 0.2) is 13.0 Å². The zero-order chi connectivity index (χ0) is 19.5. The van der Waals surface area contributed by atoms with E-state index in [0.29, 0.717) is 15.9 Å². The number of aromatic nitrogens is 1. The number of alkyl halides is 2. The summed E-state index contributed by atoms with van der Waals surface area (Å²) in [5.74, 6) is 0. The van der Waals surface area contributed by atoms with Crippen molar-refractivity contribution in [1.82, 2.24) is 4.98 Å². The predicted octanol–water partition coefficient (Wildman–Crippen LogP) is 2.13. The summed E-state index contributed by atoms with van der Waals surface area (Å²) >= 11 is 0. The molecule has 146 valence electrons. The highest BCUT2D eigenvalue weighted by Gasteiger charge is 2.67. The Morgan fingerprint density at radius 3 is 1.28 bits per heavy atom. The Labute approximate surface area is 180 Å². The monoisotopic (exact) mass is 469 g/mol. The molecular weight excluding hydrogens is 451 g/mol. The Bertz CT molecular complexity index is 933. The van der Waals surface area contributed by atoms with Crippen LogP contribution in [0.1, 0.15) is 5.69 Å². The molecule has 0 aliphatic carbocycles. The van der Waals surface area contributed by atoms with Gasteiger partial charge in [-0.25, -0.2) is 0 Å². The lowest BCUT2D eigenvalue weighted by Crippen LogP contribution is -3.00. The first kappa shape index (κ1) is 21.3. The molecule has 0 unspecified atom stereocenters. The lowest BCUT2D eigenvalue weighted by atomic mass is 10.3. The van der Waals surface area contributed by atoms with Gasteiger partial charge in [-0.3, -0.25) is 4.98 Å². The van der Waals surface area contributed by atoms with Gasteiger partial charge in [-0.15, -0.1) is 0 Å². The molecule has 0 atom stereocenters. The van der Waals surface area contributed by atoms with Crippen molar-refractivity contribution in [2.24, 2.45) is 0 Å². The Balaban J connectivity index is 0.00000240. The van der Waals surface area contributed by atoms with Crippen molar-refractivity contribution in [2.45, 2.75) is 5.66 Å². The summed E-state index contributed by atoms with van der Waals surface area (Å²) in [6.07, 6.45) is 1.43. The molecule has 0 fully saturated rings. The standard InChI is InChI=1S/C24H19F2NP.BrH/c25-24(26,23-18-10-11-19-27-23)28(20-12-4-1-5-13-20,21-14-6-2-7-15-21)22-16-8-3-9-17-22;/h1-19H;1H/q+1;/p-1. The van der Waals surface area contributed by atoms with Gasteiger partial charge in [-0.2, -0.15) is 8.78 Å². The highest BCUT2D eigenvalue weighted by molar-refractivity contribution is 7.96. The summed E-state index contributed by atoms with van der Waals surface area (Å²) in [7, 11) is -3.37. The second-order valence-electron chi connectivity index (χ2n) is 6.43. The van der Waals surface area contributed by atoms with E-state index in [4.69, 9.17) is 0 Å². The molecule has 0 radical (unpaired) electrons. The lowest BCUT2D eigenvalue weighted by Gasteiger charge is -2.33. The molecule has 4 aromatic rings. The zero-order valence-electron chi connectivity index (χ0n) is 15.5. The Morgan fingerprint density at radius 1 is 0.552 bits per heavy atom. The fraction of sp³-hybridized carbons (Fsp3) is 0.0417. The van der Waals surface area contributed by atoms with E-state index in [1.165, 1.54) is 12.3 Å². The minimum atomic E-state index is -3.37. The molecule has 4 rings (SSSR count). The number of rotatable bonds is 5. The van der Waals surface area contributed by atoms with Crippen molar-refractivity contribution in [3.63, 3.8) is 0 Å². The lowest BCUT2D eigenvalue weighted by molar-refractivity contribution is -0.0000106. The highest BCUT2D eigenvalue weighted by Crippen LogP contribution is 2.71. The summed E-state index contributed by atoms with van der Waals surface area (Å²) in [5.41, 5.74) is -3.39. The average Bonchev–Trinajstić information content (AvgIpc) is 2.77. The maximum Gasteiger partial charge on any atom is 0.410 e. The number of hydrogen-bond acceptors (Lipinski definition) is 1. The minimum absolute atomic E-state index is 0. The molecule has 0 saturated heterocycles. The number of benzene rings is 3. The van der Waals surface area contributed by atoms with Crippen LogP contribution in [-0.4, -0.2) is 4.98 Å². The largest absolute Gasteiger partial charge is 1.00 e. The van der Waals surface area contributed by atoms with E-state index in [2.05, 4.69) is 4.98 Å². The average molecular weight is 470 g/mol. The molecule has 5 heteroatoms. The van der Waals surface area contributed by atoms with E-state index in [-0.39, 0.29) is 22.7 Å². The smallest absolute Gasteiger partial charge is 0.410 e. The van der Waals surface area contributed by atoms with Crippen LogP contribution < -0.4 is 32.9 Å². The van der Waals surface area contributed by atoms with E-state index in [9.17, 15) is 0 Å². The molecule has 0 spiro atoms. The molecule has 0 saturated carbocycles. The van der Waals surface area contributed by atoms with Crippen LogP contribution in [-0.2, 0) is 5.66 Å². The van der Waals surface area contributed by atoms with Crippen LogP contribution in [0.5, 0.6) is 0 Å². The molecule has 0 aliphatic rings. The van der Waals surface area contributed by atoms with Crippen molar-refractivity contribution in [3.8, 4) is 0 Å². The molecular formula is C24H19BrF2NP. The normalized spacial score (nSPS) is 11.5. The van der Waals surface area contributed by atoms with Crippen LogP contribution in [0.4, 0.5) is 8.78 Å². The van der Waals surface area contributed by atoms with Gasteiger partial charge in [0.25, 0.3) is 0 Å². The SMILES string of the molecule is FC(F)(c1ccccn1)[P+](c1ccccc1)(c1ccccc1)c1ccccc1.[Br-]. The molecule has 0 N–H and O–H groups in total. The predicted molar refractivity (Wildman–Crippen MR) is 113 cm³/mol. The van der Waals surface area contributed by atoms with Gasteiger partial charge >= 0.3 is 5.66 Å². The third kappa shape index (κ3) is 3.63. The molecule has 0 aliphatic heterocycles. The van der Waals surface area contributed by atoms with Crippen molar-refractivity contribution in [1.29, 1.82) is 0 Å². The van der Waals surface area contributed by atoms with Crippen molar-refractivity contribution in [3.05, 3.63) is 121 Å². The van der Waals surface area contributed by atoms with E-state index >= 15 is 8.78 Å². The van der Waals surface area contributed by atoms with E-state index < -0.39 is 12.9 Å². The van der Waals surface area contributed by atoms with Gasteiger partial charge < -0.3 is 17.0 Å².